The van der Waals surface area contributed by atoms with Gasteiger partial charge in [-0.1, -0.05) is 45.9 Å². The van der Waals surface area contributed by atoms with E-state index in [9.17, 15) is 0 Å². The molecule has 3 atom stereocenters. The summed E-state index contributed by atoms with van der Waals surface area (Å²) >= 11 is 0. The maximum Gasteiger partial charge on any atom is 0.0354 e. The molecule has 0 saturated carbocycles. The van der Waals surface area contributed by atoms with Gasteiger partial charge in [0, 0.05) is 6.04 Å². The van der Waals surface area contributed by atoms with Crippen molar-refractivity contribution in [2.45, 2.75) is 64.3 Å². The van der Waals surface area contributed by atoms with Crippen molar-refractivity contribution < 1.29 is 0 Å². The summed E-state index contributed by atoms with van der Waals surface area (Å²) in [5.41, 5.74) is 5.27. The number of benzene rings is 1. The maximum absolute atomic E-state index is 3.78. The summed E-state index contributed by atoms with van der Waals surface area (Å²) < 4.78 is 0. The lowest BCUT2D eigenvalue weighted by molar-refractivity contribution is 0.312. The molecule has 0 heterocycles. The van der Waals surface area contributed by atoms with E-state index in [0.29, 0.717) is 11.5 Å². The van der Waals surface area contributed by atoms with Crippen LogP contribution in [0.1, 0.15) is 75.6 Å². The predicted octanol–water partition coefficient (Wildman–Crippen LogP) is 4.53. The SMILES string of the molecule is CCCNC1c2cccc3c2C(CCC3(C)C)C1C. The van der Waals surface area contributed by atoms with E-state index in [-0.39, 0.29) is 0 Å². The van der Waals surface area contributed by atoms with Crippen LogP contribution in [0.2, 0.25) is 0 Å². The van der Waals surface area contributed by atoms with Gasteiger partial charge in [0.25, 0.3) is 0 Å². The van der Waals surface area contributed by atoms with E-state index < -0.39 is 0 Å². The van der Waals surface area contributed by atoms with Crippen molar-refractivity contribution >= 4 is 0 Å². The zero-order valence-corrected chi connectivity index (χ0v) is 12.8. The molecule has 0 bridgehead atoms. The molecule has 0 aromatic heterocycles. The summed E-state index contributed by atoms with van der Waals surface area (Å²) in [6.07, 6.45) is 3.91. The standard InChI is InChI=1S/C18H27N/c1-5-11-19-17-12(2)13-9-10-18(3,4)15-8-6-7-14(17)16(13)15/h6-8,12-13,17,19H,5,9-11H2,1-4H3. The van der Waals surface area contributed by atoms with E-state index in [1.165, 1.54) is 19.3 Å². The van der Waals surface area contributed by atoms with Crippen LogP contribution in [0.25, 0.3) is 0 Å². The normalized spacial score (nSPS) is 31.3. The molecule has 1 heteroatoms. The highest BCUT2D eigenvalue weighted by molar-refractivity contribution is 5.49. The van der Waals surface area contributed by atoms with E-state index in [1.807, 2.05) is 0 Å². The lowest BCUT2D eigenvalue weighted by Crippen LogP contribution is -2.27. The molecule has 1 aromatic carbocycles. The molecule has 1 nitrogen and oxygen atoms in total. The Hall–Kier alpha value is -0.820. The average Bonchev–Trinajstić information content (AvgIpc) is 2.65. The van der Waals surface area contributed by atoms with E-state index in [1.54, 1.807) is 16.7 Å². The van der Waals surface area contributed by atoms with Gasteiger partial charge in [0.05, 0.1) is 0 Å². The fourth-order valence-electron chi connectivity index (χ4n) is 4.29. The number of nitrogens with one attached hydrogen (secondary N) is 1. The van der Waals surface area contributed by atoms with E-state index in [4.69, 9.17) is 0 Å². The summed E-state index contributed by atoms with van der Waals surface area (Å²) in [5.74, 6) is 1.53. The first-order valence-corrected chi connectivity index (χ1v) is 7.93. The fraction of sp³-hybridized carbons (Fsp3) is 0.667. The van der Waals surface area contributed by atoms with Crippen molar-refractivity contribution in [1.82, 2.24) is 5.32 Å². The van der Waals surface area contributed by atoms with E-state index >= 15 is 0 Å². The minimum absolute atomic E-state index is 0.362. The third-order valence-electron chi connectivity index (χ3n) is 5.43. The predicted molar refractivity (Wildman–Crippen MR) is 81.6 cm³/mol. The van der Waals surface area contributed by atoms with Crippen molar-refractivity contribution in [3.8, 4) is 0 Å². The summed E-state index contributed by atoms with van der Waals surface area (Å²) in [7, 11) is 0. The molecule has 19 heavy (non-hydrogen) atoms. The van der Waals surface area contributed by atoms with Crippen molar-refractivity contribution in [2.75, 3.05) is 6.54 Å². The Labute approximate surface area is 117 Å². The van der Waals surface area contributed by atoms with Crippen LogP contribution >= 0.6 is 0 Å². The molecular weight excluding hydrogens is 230 g/mol. The number of hydrogen-bond donors (Lipinski definition) is 1. The van der Waals surface area contributed by atoms with Gasteiger partial charge in [0.15, 0.2) is 0 Å². The van der Waals surface area contributed by atoms with Gasteiger partial charge in [0.1, 0.15) is 0 Å². The maximum atomic E-state index is 3.78. The summed E-state index contributed by atoms with van der Waals surface area (Å²) in [5, 5.41) is 3.78. The molecule has 0 amide bonds. The second-order valence-corrected chi connectivity index (χ2v) is 7.13. The second-order valence-electron chi connectivity index (χ2n) is 7.13. The van der Waals surface area contributed by atoms with Crippen LogP contribution < -0.4 is 5.32 Å². The zero-order valence-electron chi connectivity index (χ0n) is 12.8. The molecule has 0 spiro atoms. The Morgan fingerprint density at radius 2 is 2.11 bits per heavy atom. The number of hydrogen-bond acceptors (Lipinski definition) is 1. The first-order valence-electron chi connectivity index (χ1n) is 7.93. The Morgan fingerprint density at radius 3 is 2.84 bits per heavy atom. The minimum Gasteiger partial charge on any atom is -0.310 e. The van der Waals surface area contributed by atoms with E-state index in [0.717, 1.165) is 18.4 Å². The molecule has 104 valence electrons. The van der Waals surface area contributed by atoms with Crippen LogP contribution in [0, 0.1) is 5.92 Å². The fourth-order valence-corrected chi connectivity index (χ4v) is 4.29. The van der Waals surface area contributed by atoms with Gasteiger partial charge in [0.2, 0.25) is 0 Å². The summed E-state index contributed by atoms with van der Waals surface area (Å²) in [6, 6.07) is 7.59. The summed E-state index contributed by atoms with van der Waals surface area (Å²) in [4.78, 5) is 0. The second kappa shape index (κ2) is 4.63. The molecule has 0 fully saturated rings. The molecule has 3 unspecified atom stereocenters. The minimum atomic E-state index is 0.362. The molecule has 0 saturated heterocycles. The molecule has 1 aromatic rings. The third kappa shape index (κ3) is 1.94. The van der Waals surface area contributed by atoms with Crippen LogP contribution in [0.5, 0.6) is 0 Å². The van der Waals surface area contributed by atoms with Crippen LogP contribution in [0.4, 0.5) is 0 Å². The Kier molecular flexibility index (Phi) is 3.21. The van der Waals surface area contributed by atoms with Crippen LogP contribution in [-0.2, 0) is 5.41 Å². The molecule has 2 aliphatic carbocycles. The number of rotatable bonds is 3. The molecule has 2 aliphatic rings. The lowest BCUT2D eigenvalue weighted by Gasteiger charge is -2.36. The quantitative estimate of drug-likeness (QED) is 0.838. The highest BCUT2D eigenvalue weighted by atomic mass is 14.9. The monoisotopic (exact) mass is 257 g/mol. The van der Waals surface area contributed by atoms with Gasteiger partial charge >= 0.3 is 0 Å². The Balaban J connectivity index is 2.06. The Bertz CT molecular complexity index is 475. The van der Waals surface area contributed by atoms with Gasteiger partial charge in [-0.3, -0.25) is 0 Å². The average molecular weight is 257 g/mol. The molecule has 0 aliphatic heterocycles. The first-order chi connectivity index (χ1) is 9.06. The van der Waals surface area contributed by atoms with Gasteiger partial charge in [-0.25, -0.2) is 0 Å². The van der Waals surface area contributed by atoms with Crippen LogP contribution in [0.15, 0.2) is 18.2 Å². The lowest BCUT2D eigenvalue weighted by atomic mass is 9.68. The molecular formula is C18H27N. The van der Waals surface area contributed by atoms with Crippen molar-refractivity contribution in [2.24, 2.45) is 5.92 Å². The van der Waals surface area contributed by atoms with Crippen LogP contribution in [0.3, 0.4) is 0 Å². The molecule has 0 radical (unpaired) electrons. The largest absolute Gasteiger partial charge is 0.310 e. The van der Waals surface area contributed by atoms with Gasteiger partial charge in [-0.05, 0) is 59.7 Å². The topological polar surface area (TPSA) is 12.0 Å². The highest BCUT2D eigenvalue weighted by Gasteiger charge is 2.44. The van der Waals surface area contributed by atoms with Gasteiger partial charge < -0.3 is 5.32 Å². The van der Waals surface area contributed by atoms with E-state index in [2.05, 4.69) is 51.2 Å². The smallest absolute Gasteiger partial charge is 0.0354 e. The van der Waals surface area contributed by atoms with Crippen molar-refractivity contribution in [3.63, 3.8) is 0 Å². The summed E-state index contributed by atoms with van der Waals surface area (Å²) in [6.45, 7) is 10.7. The van der Waals surface area contributed by atoms with Crippen molar-refractivity contribution in [1.29, 1.82) is 0 Å². The van der Waals surface area contributed by atoms with Crippen LogP contribution in [-0.4, -0.2) is 6.54 Å². The van der Waals surface area contributed by atoms with Gasteiger partial charge in [-0.15, -0.1) is 0 Å². The highest BCUT2D eigenvalue weighted by Crippen LogP contribution is 2.55. The Morgan fingerprint density at radius 1 is 1.32 bits per heavy atom. The zero-order chi connectivity index (χ0) is 13.6. The first kappa shape index (κ1) is 13.2. The molecule has 3 rings (SSSR count). The molecule has 1 N–H and O–H groups in total. The van der Waals surface area contributed by atoms with Crippen molar-refractivity contribution in [3.05, 3.63) is 34.9 Å². The third-order valence-corrected chi connectivity index (χ3v) is 5.43. The van der Waals surface area contributed by atoms with Gasteiger partial charge in [-0.2, -0.15) is 0 Å².